The molecule has 2 aliphatic heterocycles. The van der Waals surface area contributed by atoms with Crippen molar-refractivity contribution in [3.05, 3.63) is 118 Å². The van der Waals surface area contributed by atoms with Gasteiger partial charge in [0.15, 0.2) is 0 Å². The number of fused-ring (bicyclic) bond motifs is 3. The van der Waals surface area contributed by atoms with Gasteiger partial charge in [0.1, 0.15) is 11.6 Å². The molecule has 0 unspecified atom stereocenters. The van der Waals surface area contributed by atoms with Crippen LogP contribution in [0, 0.1) is 11.6 Å². The van der Waals surface area contributed by atoms with Crippen LogP contribution in [0.25, 0.3) is 11.3 Å². The molecule has 0 amide bonds. The summed E-state index contributed by atoms with van der Waals surface area (Å²) in [7, 11) is 0. The summed E-state index contributed by atoms with van der Waals surface area (Å²) in [6.07, 6.45) is 5.37. The predicted molar refractivity (Wildman–Crippen MR) is 159 cm³/mol. The highest BCUT2D eigenvalue weighted by molar-refractivity contribution is 6.31. The minimum Gasteiger partial charge on any atom is -0.324 e. The van der Waals surface area contributed by atoms with Gasteiger partial charge in [-0.25, -0.2) is 18.7 Å². The third-order valence-corrected chi connectivity index (χ3v) is 6.81. The van der Waals surface area contributed by atoms with Crippen molar-refractivity contribution in [1.29, 1.82) is 0 Å². The second-order valence-electron chi connectivity index (χ2n) is 9.73. The highest BCUT2D eigenvalue weighted by Crippen LogP contribution is 2.34. The number of allylic oxidation sites excluding steroid dienone is 1. The van der Waals surface area contributed by atoms with Crippen molar-refractivity contribution >= 4 is 40.9 Å². The van der Waals surface area contributed by atoms with Gasteiger partial charge in [0, 0.05) is 45.5 Å². The molecular formula is C31H24ClF2N7. The number of benzene rings is 3. The number of aliphatic imine (C=N–C) groups is 2. The molecule has 0 bridgehead atoms. The molecule has 204 valence electrons. The fourth-order valence-corrected chi connectivity index (χ4v) is 4.95. The lowest BCUT2D eigenvalue weighted by Gasteiger charge is -2.18. The number of nitrogens with one attached hydrogen (secondary N) is 1. The van der Waals surface area contributed by atoms with Gasteiger partial charge in [-0.15, -0.1) is 0 Å². The number of hydrogen-bond acceptors (Lipinski definition) is 7. The topological polar surface area (TPSA) is 78.1 Å². The van der Waals surface area contributed by atoms with Gasteiger partial charge in [-0.3, -0.25) is 15.0 Å². The molecule has 0 spiro atoms. The van der Waals surface area contributed by atoms with Crippen molar-refractivity contribution < 1.29 is 8.78 Å². The zero-order valence-corrected chi connectivity index (χ0v) is 23.0. The van der Waals surface area contributed by atoms with E-state index >= 15 is 0 Å². The van der Waals surface area contributed by atoms with Crippen LogP contribution >= 0.6 is 11.6 Å². The number of nitrogens with zero attached hydrogens (tertiary/aromatic N) is 6. The average Bonchev–Trinajstić information content (AvgIpc) is 3.09. The number of hydrogen-bond donors (Lipinski definition) is 1. The molecule has 4 aromatic rings. The Morgan fingerprint density at radius 1 is 1.00 bits per heavy atom. The molecule has 1 aromatic heterocycles. The van der Waals surface area contributed by atoms with Crippen LogP contribution in [0.3, 0.4) is 0 Å². The fourth-order valence-electron chi connectivity index (χ4n) is 4.78. The molecule has 3 aromatic carbocycles. The van der Waals surface area contributed by atoms with Crippen LogP contribution in [0.4, 0.5) is 20.4 Å². The van der Waals surface area contributed by atoms with Crippen LogP contribution in [0.15, 0.2) is 93.8 Å². The van der Waals surface area contributed by atoms with E-state index in [4.69, 9.17) is 16.6 Å². The number of halogens is 3. The van der Waals surface area contributed by atoms with Crippen LogP contribution in [0.5, 0.6) is 0 Å². The van der Waals surface area contributed by atoms with E-state index in [0.717, 1.165) is 28.2 Å². The van der Waals surface area contributed by atoms with E-state index in [1.165, 1.54) is 18.2 Å². The third kappa shape index (κ3) is 5.62. The Kier molecular flexibility index (Phi) is 7.11. The van der Waals surface area contributed by atoms with Crippen LogP contribution in [-0.2, 0) is 6.54 Å². The predicted octanol–water partition coefficient (Wildman–Crippen LogP) is 7.14. The van der Waals surface area contributed by atoms with E-state index in [-0.39, 0.29) is 17.8 Å². The van der Waals surface area contributed by atoms with Gasteiger partial charge in [0.05, 0.1) is 42.0 Å². The van der Waals surface area contributed by atoms with Gasteiger partial charge in [-0.05, 0) is 55.8 Å². The first-order chi connectivity index (χ1) is 19.8. The Morgan fingerprint density at radius 3 is 2.54 bits per heavy atom. The summed E-state index contributed by atoms with van der Waals surface area (Å²) in [5.74, 6) is -1.03. The smallest absolute Gasteiger partial charge is 0.227 e. The zero-order chi connectivity index (χ0) is 28.5. The molecule has 10 heteroatoms. The van der Waals surface area contributed by atoms with Crippen LogP contribution in [0.1, 0.15) is 36.1 Å². The molecule has 7 nitrogen and oxygen atoms in total. The largest absolute Gasteiger partial charge is 0.324 e. The Bertz CT molecular complexity index is 1760. The lowest BCUT2D eigenvalue weighted by atomic mass is 9.95. The molecule has 0 aliphatic carbocycles. The lowest BCUT2D eigenvalue weighted by Crippen LogP contribution is -2.22. The van der Waals surface area contributed by atoms with Crippen LogP contribution in [-0.4, -0.2) is 39.2 Å². The molecule has 41 heavy (non-hydrogen) atoms. The van der Waals surface area contributed by atoms with Gasteiger partial charge in [0.25, 0.3) is 0 Å². The van der Waals surface area contributed by atoms with Gasteiger partial charge >= 0.3 is 0 Å². The first-order valence-electron chi connectivity index (χ1n) is 12.9. The van der Waals surface area contributed by atoms with Crippen molar-refractivity contribution in [3.8, 4) is 11.3 Å². The van der Waals surface area contributed by atoms with Gasteiger partial charge in [-0.1, -0.05) is 35.9 Å². The zero-order valence-electron chi connectivity index (χ0n) is 22.2. The minimum atomic E-state index is -0.700. The standard InChI is InChI=1S/C31H24ClF2N7/c1-18-16-41(17-19(2)38-18)37-13-20-6-9-23(10-7-20)39-31-36-15-21-14-35-30(28-26(33)4-3-5-27(28)34)25-12-22(32)8-11-24(25)29(21)40-31/h3-13,15-16H,14,17H2,1-2H3,(H,36,39,40). The second kappa shape index (κ2) is 11.0. The van der Waals surface area contributed by atoms with Crippen LogP contribution < -0.4 is 5.32 Å². The Balaban J connectivity index is 1.27. The molecule has 0 fully saturated rings. The maximum absolute atomic E-state index is 14.8. The summed E-state index contributed by atoms with van der Waals surface area (Å²) in [6.45, 7) is 4.72. The summed E-state index contributed by atoms with van der Waals surface area (Å²) in [5, 5.41) is 10.0. The van der Waals surface area contributed by atoms with E-state index in [1.54, 1.807) is 30.6 Å². The molecule has 3 heterocycles. The molecule has 0 radical (unpaired) electrons. The highest BCUT2D eigenvalue weighted by atomic mass is 35.5. The summed E-state index contributed by atoms with van der Waals surface area (Å²) >= 11 is 6.31. The van der Waals surface area contributed by atoms with E-state index in [1.807, 2.05) is 49.3 Å². The van der Waals surface area contributed by atoms with Gasteiger partial charge < -0.3 is 5.32 Å². The highest BCUT2D eigenvalue weighted by Gasteiger charge is 2.25. The maximum Gasteiger partial charge on any atom is 0.227 e. The normalized spacial score (nSPS) is 14.6. The average molecular weight is 568 g/mol. The lowest BCUT2D eigenvalue weighted by molar-refractivity contribution is 0.447. The summed E-state index contributed by atoms with van der Waals surface area (Å²) in [5.41, 5.74) is 6.10. The monoisotopic (exact) mass is 567 g/mol. The van der Waals surface area contributed by atoms with E-state index in [9.17, 15) is 8.78 Å². The number of anilines is 2. The van der Waals surface area contributed by atoms with E-state index < -0.39 is 11.6 Å². The summed E-state index contributed by atoms with van der Waals surface area (Å²) in [4.78, 5) is 18.2. The quantitative estimate of drug-likeness (QED) is 0.260. The third-order valence-electron chi connectivity index (χ3n) is 6.58. The molecule has 0 saturated heterocycles. The molecule has 0 atom stereocenters. The first-order valence-corrected chi connectivity index (χ1v) is 13.3. The van der Waals surface area contributed by atoms with Crippen molar-refractivity contribution in [1.82, 2.24) is 15.0 Å². The number of hydrazone groups is 1. The van der Waals surface area contributed by atoms with Gasteiger partial charge in [0.2, 0.25) is 5.95 Å². The summed E-state index contributed by atoms with van der Waals surface area (Å²) in [6, 6.07) is 16.6. The minimum absolute atomic E-state index is 0.149. The Labute approximate surface area is 240 Å². The van der Waals surface area contributed by atoms with Gasteiger partial charge in [-0.2, -0.15) is 5.10 Å². The Morgan fingerprint density at radius 2 is 1.78 bits per heavy atom. The van der Waals surface area contributed by atoms with Crippen molar-refractivity contribution in [3.63, 3.8) is 0 Å². The summed E-state index contributed by atoms with van der Waals surface area (Å²) < 4.78 is 29.6. The van der Waals surface area contributed by atoms with Crippen LogP contribution in [0.2, 0.25) is 5.02 Å². The van der Waals surface area contributed by atoms with E-state index in [0.29, 0.717) is 34.3 Å². The molecule has 0 saturated carbocycles. The second-order valence-corrected chi connectivity index (χ2v) is 10.2. The first kappa shape index (κ1) is 26.5. The van der Waals surface area contributed by atoms with Crippen molar-refractivity contribution in [2.45, 2.75) is 20.4 Å². The Hall–Kier alpha value is -4.76. The molecular weight excluding hydrogens is 544 g/mol. The number of aromatic nitrogens is 2. The fraction of sp³-hybridized carbons (Fsp3) is 0.129. The van der Waals surface area contributed by atoms with Crippen molar-refractivity contribution in [2.24, 2.45) is 15.1 Å². The molecule has 1 N–H and O–H groups in total. The number of rotatable bonds is 5. The van der Waals surface area contributed by atoms with E-state index in [2.05, 4.69) is 25.4 Å². The molecule has 6 rings (SSSR count). The molecule has 2 aliphatic rings. The SMILES string of the molecule is CC1=CN(N=Cc2ccc(Nc3ncc4c(n3)-c3ccc(Cl)cc3C(c3c(F)cccc3F)=NC4)cc2)CC(C)=N1. The van der Waals surface area contributed by atoms with Crippen molar-refractivity contribution in [2.75, 3.05) is 11.9 Å². The maximum atomic E-state index is 14.8.